The molecular formula is C12H16BrNO3. The molecule has 0 aliphatic carbocycles. The molecule has 1 amide bonds. The first-order valence-electron chi connectivity index (χ1n) is 5.34. The Labute approximate surface area is 109 Å². The molecule has 0 saturated carbocycles. The number of alkyl halides is 1. The van der Waals surface area contributed by atoms with Gasteiger partial charge in [-0.1, -0.05) is 22.9 Å². The van der Waals surface area contributed by atoms with Crippen LogP contribution in [0.15, 0.2) is 18.2 Å². The van der Waals surface area contributed by atoms with E-state index in [4.69, 9.17) is 4.74 Å². The van der Waals surface area contributed by atoms with E-state index in [-0.39, 0.29) is 17.2 Å². The second-order valence-corrected chi connectivity index (χ2v) is 5.27. The van der Waals surface area contributed by atoms with Gasteiger partial charge < -0.3 is 15.2 Å². The van der Waals surface area contributed by atoms with Gasteiger partial charge in [-0.2, -0.15) is 0 Å². The number of hydrogen-bond donors (Lipinski definition) is 2. The van der Waals surface area contributed by atoms with E-state index >= 15 is 0 Å². The fraction of sp³-hybridized carbons (Fsp3) is 0.417. The molecule has 0 spiro atoms. The summed E-state index contributed by atoms with van der Waals surface area (Å²) in [4.78, 5) is 12.1. The van der Waals surface area contributed by atoms with Gasteiger partial charge in [-0.25, -0.2) is 0 Å². The first kappa shape index (κ1) is 13.8. The fourth-order valence-corrected chi connectivity index (χ4v) is 1.54. The van der Waals surface area contributed by atoms with Crippen molar-refractivity contribution in [3.8, 4) is 11.5 Å². The molecule has 1 unspecified atom stereocenters. The number of hydrogen-bond acceptors (Lipinski definition) is 3. The van der Waals surface area contributed by atoms with Crippen LogP contribution in [0.5, 0.6) is 11.5 Å². The molecule has 0 aliphatic heterocycles. The van der Waals surface area contributed by atoms with Crippen LogP contribution in [0.4, 0.5) is 0 Å². The van der Waals surface area contributed by atoms with Crippen molar-refractivity contribution >= 4 is 21.8 Å². The molecule has 1 aromatic carbocycles. The Kier molecular flexibility index (Phi) is 5.28. The maximum absolute atomic E-state index is 11.7. The summed E-state index contributed by atoms with van der Waals surface area (Å²) in [5.74, 6) is 0.167. The Hall–Kier alpha value is -1.23. The number of rotatable bonds is 5. The molecule has 0 heterocycles. The predicted molar refractivity (Wildman–Crippen MR) is 70.0 cm³/mol. The maximum atomic E-state index is 11.7. The molecule has 1 aromatic rings. The molecule has 0 saturated heterocycles. The summed E-state index contributed by atoms with van der Waals surface area (Å²) >= 11 is 3.40. The molecule has 2 N–H and O–H groups in total. The normalized spacial score (nSPS) is 11.9. The summed E-state index contributed by atoms with van der Waals surface area (Å²) in [7, 11) is 1.51. The molecular weight excluding hydrogens is 286 g/mol. The van der Waals surface area contributed by atoms with Crippen LogP contribution in [0.3, 0.4) is 0 Å². The van der Waals surface area contributed by atoms with Crippen LogP contribution in [0.25, 0.3) is 0 Å². The third-order valence-corrected chi connectivity index (χ3v) is 2.74. The molecule has 17 heavy (non-hydrogen) atoms. The minimum absolute atomic E-state index is 0.0752. The van der Waals surface area contributed by atoms with Gasteiger partial charge in [0.15, 0.2) is 0 Å². The summed E-state index contributed by atoms with van der Waals surface area (Å²) < 4.78 is 4.94. The Bertz CT molecular complexity index is 393. The Morgan fingerprint density at radius 2 is 2.29 bits per heavy atom. The fourth-order valence-electron chi connectivity index (χ4n) is 1.31. The summed E-state index contributed by atoms with van der Waals surface area (Å²) in [6.07, 6.45) is 0.836. The standard InChI is InChI=1S/C12H16BrNO3/c1-8(13)5-6-14-12(16)10-4-3-9(17-2)7-11(10)15/h3-4,7-8,15H,5-6H2,1-2H3,(H,14,16). The number of carbonyl (C=O) groups excluding carboxylic acids is 1. The van der Waals surface area contributed by atoms with Crippen molar-refractivity contribution in [1.82, 2.24) is 5.32 Å². The molecule has 0 aliphatic rings. The second-order valence-electron chi connectivity index (χ2n) is 3.71. The summed E-state index contributed by atoms with van der Waals surface area (Å²) in [6.45, 7) is 2.58. The van der Waals surface area contributed by atoms with Gasteiger partial charge in [0.25, 0.3) is 5.91 Å². The highest BCUT2D eigenvalue weighted by Gasteiger charge is 2.11. The smallest absolute Gasteiger partial charge is 0.255 e. The SMILES string of the molecule is COc1ccc(C(=O)NCCC(C)Br)c(O)c1. The highest BCUT2D eigenvalue weighted by atomic mass is 79.9. The van der Waals surface area contributed by atoms with Gasteiger partial charge in [0.2, 0.25) is 0 Å². The van der Waals surface area contributed by atoms with Gasteiger partial charge >= 0.3 is 0 Å². The monoisotopic (exact) mass is 301 g/mol. The first-order chi connectivity index (χ1) is 8.04. The Morgan fingerprint density at radius 1 is 1.59 bits per heavy atom. The summed E-state index contributed by atoms with van der Waals surface area (Å²) in [6, 6.07) is 4.60. The largest absolute Gasteiger partial charge is 0.507 e. The van der Waals surface area contributed by atoms with E-state index in [0.29, 0.717) is 17.1 Å². The number of phenols is 1. The third kappa shape index (κ3) is 4.26. The van der Waals surface area contributed by atoms with Crippen LogP contribution in [-0.2, 0) is 0 Å². The van der Waals surface area contributed by atoms with E-state index in [1.807, 2.05) is 6.92 Å². The zero-order chi connectivity index (χ0) is 12.8. The van der Waals surface area contributed by atoms with Crippen LogP contribution < -0.4 is 10.1 Å². The highest BCUT2D eigenvalue weighted by molar-refractivity contribution is 9.09. The van der Waals surface area contributed by atoms with Crippen LogP contribution in [0.2, 0.25) is 0 Å². The molecule has 4 nitrogen and oxygen atoms in total. The zero-order valence-electron chi connectivity index (χ0n) is 9.87. The lowest BCUT2D eigenvalue weighted by Gasteiger charge is -2.08. The number of phenolic OH excluding ortho intramolecular Hbond substituents is 1. The van der Waals surface area contributed by atoms with Gasteiger partial charge in [0, 0.05) is 17.4 Å². The molecule has 1 rings (SSSR count). The topological polar surface area (TPSA) is 58.6 Å². The van der Waals surface area contributed by atoms with Crippen molar-refractivity contribution in [3.63, 3.8) is 0 Å². The summed E-state index contributed by atoms with van der Waals surface area (Å²) in [5, 5.41) is 12.4. The average Bonchev–Trinajstić information content (AvgIpc) is 2.28. The molecule has 1 atom stereocenters. The lowest BCUT2D eigenvalue weighted by Crippen LogP contribution is -2.25. The first-order valence-corrected chi connectivity index (χ1v) is 6.25. The molecule has 0 bridgehead atoms. The maximum Gasteiger partial charge on any atom is 0.255 e. The van der Waals surface area contributed by atoms with Gasteiger partial charge in [-0.15, -0.1) is 0 Å². The zero-order valence-corrected chi connectivity index (χ0v) is 11.5. The number of amides is 1. The molecule has 0 radical (unpaired) electrons. The quantitative estimate of drug-likeness (QED) is 0.821. The van der Waals surface area contributed by atoms with Crippen molar-refractivity contribution in [3.05, 3.63) is 23.8 Å². The second kappa shape index (κ2) is 6.49. The van der Waals surface area contributed by atoms with Gasteiger partial charge in [0.05, 0.1) is 12.7 Å². The number of ether oxygens (including phenoxy) is 1. The summed E-state index contributed by atoms with van der Waals surface area (Å²) in [5.41, 5.74) is 0.257. The minimum Gasteiger partial charge on any atom is -0.507 e. The molecule has 0 aromatic heterocycles. The lowest BCUT2D eigenvalue weighted by atomic mass is 10.1. The van der Waals surface area contributed by atoms with Crippen molar-refractivity contribution in [2.75, 3.05) is 13.7 Å². The number of aromatic hydroxyl groups is 1. The van der Waals surface area contributed by atoms with Gasteiger partial charge in [-0.3, -0.25) is 4.79 Å². The number of carbonyl (C=O) groups is 1. The van der Waals surface area contributed by atoms with Crippen LogP contribution in [-0.4, -0.2) is 29.5 Å². The van der Waals surface area contributed by atoms with Gasteiger partial charge in [-0.05, 0) is 18.6 Å². The molecule has 94 valence electrons. The third-order valence-electron chi connectivity index (χ3n) is 2.28. The number of benzene rings is 1. The van der Waals surface area contributed by atoms with Crippen molar-refractivity contribution in [2.24, 2.45) is 0 Å². The van der Waals surface area contributed by atoms with Crippen molar-refractivity contribution < 1.29 is 14.6 Å². The van der Waals surface area contributed by atoms with E-state index < -0.39 is 0 Å². The Balaban J connectivity index is 2.63. The highest BCUT2D eigenvalue weighted by Crippen LogP contribution is 2.23. The minimum atomic E-state index is -0.279. The van der Waals surface area contributed by atoms with E-state index in [1.165, 1.54) is 13.2 Å². The number of methoxy groups -OCH3 is 1. The van der Waals surface area contributed by atoms with E-state index in [2.05, 4.69) is 21.2 Å². The van der Waals surface area contributed by atoms with Crippen molar-refractivity contribution in [1.29, 1.82) is 0 Å². The van der Waals surface area contributed by atoms with E-state index in [1.54, 1.807) is 12.1 Å². The average molecular weight is 302 g/mol. The van der Waals surface area contributed by atoms with Gasteiger partial charge in [0.1, 0.15) is 11.5 Å². The Morgan fingerprint density at radius 3 is 2.82 bits per heavy atom. The number of nitrogens with one attached hydrogen (secondary N) is 1. The van der Waals surface area contributed by atoms with Crippen LogP contribution >= 0.6 is 15.9 Å². The van der Waals surface area contributed by atoms with Crippen molar-refractivity contribution in [2.45, 2.75) is 18.2 Å². The molecule has 0 fully saturated rings. The lowest BCUT2D eigenvalue weighted by molar-refractivity contribution is 0.0950. The molecule has 5 heteroatoms. The number of halogens is 1. The van der Waals surface area contributed by atoms with Crippen LogP contribution in [0, 0.1) is 0 Å². The predicted octanol–water partition coefficient (Wildman–Crippen LogP) is 2.30. The van der Waals surface area contributed by atoms with E-state index in [9.17, 15) is 9.90 Å². The van der Waals surface area contributed by atoms with E-state index in [0.717, 1.165) is 6.42 Å². The van der Waals surface area contributed by atoms with Crippen LogP contribution in [0.1, 0.15) is 23.7 Å².